The van der Waals surface area contributed by atoms with Crippen LogP contribution in [0.25, 0.3) is 0 Å². The summed E-state index contributed by atoms with van der Waals surface area (Å²) in [5, 5.41) is 7.36. The highest BCUT2D eigenvalue weighted by molar-refractivity contribution is 7.91. The Hall–Kier alpha value is -2.18. The standard InChI is InChI=1S/C14H18ClF2N5O4S/c1-3-4-7-22-14(19-20-21-22)18-12(23)8-5-6-9(26-13(16)17)11(10(8)15)27(2,24)25/h5-6,13,20-21H,3-4,7H2,1-2H3,(H,18,19,23). The first-order chi connectivity index (χ1) is 12.6. The number of sulfone groups is 1. The number of nitrogens with one attached hydrogen (secondary N) is 3. The van der Waals surface area contributed by atoms with Gasteiger partial charge in [-0.05, 0) is 18.6 Å². The van der Waals surface area contributed by atoms with Crippen molar-refractivity contribution in [2.24, 2.45) is 5.10 Å². The molecule has 0 aromatic heterocycles. The molecule has 1 aromatic carbocycles. The lowest BCUT2D eigenvalue weighted by atomic mass is 10.2. The average molecular weight is 426 g/mol. The van der Waals surface area contributed by atoms with Crippen LogP contribution in [-0.2, 0) is 9.84 Å². The predicted octanol–water partition coefficient (Wildman–Crippen LogP) is 1.47. The van der Waals surface area contributed by atoms with Gasteiger partial charge in [-0.3, -0.25) is 15.1 Å². The first kappa shape index (κ1) is 21.1. The van der Waals surface area contributed by atoms with Crippen molar-refractivity contribution in [3.8, 4) is 5.75 Å². The summed E-state index contributed by atoms with van der Waals surface area (Å²) in [5.41, 5.74) is 4.97. The van der Waals surface area contributed by atoms with Gasteiger partial charge in [0, 0.05) is 12.8 Å². The second-order valence-electron chi connectivity index (χ2n) is 5.52. The molecule has 0 atom stereocenters. The summed E-state index contributed by atoms with van der Waals surface area (Å²) < 4.78 is 53.1. The van der Waals surface area contributed by atoms with E-state index in [0.717, 1.165) is 31.2 Å². The number of carbonyl (C=O) groups is 1. The molecule has 0 unspecified atom stereocenters. The molecule has 0 radical (unpaired) electrons. The molecule has 1 aromatic rings. The third kappa shape index (κ3) is 5.17. The maximum absolute atomic E-state index is 12.5. The predicted molar refractivity (Wildman–Crippen MR) is 94.0 cm³/mol. The highest BCUT2D eigenvalue weighted by Crippen LogP contribution is 2.35. The van der Waals surface area contributed by atoms with Crippen molar-refractivity contribution in [2.75, 3.05) is 12.8 Å². The van der Waals surface area contributed by atoms with Crippen molar-refractivity contribution < 1.29 is 26.7 Å². The zero-order valence-electron chi connectivity index (χ0n) is 14.4. The number of carbonyl (C=O) groups excluding carboxylic acids is 1. The molecule has 0 saturated carbocycles. The Morgan fingerprint density at radius 3 is 2.74 bits per heavy atom. The van der Waals surface area contributed by atoms with Crippen molar-refractivity contribution in [1.82, 2.24) is 21.4 Å². The van der Waals surface area contributed by atoms with Gasteiger partial charge in [-0.1, -0.05) is 24.9 Å². The number of benzene rings is 1. The Balaban J connectivity index is 2.31. The SMILES string of the molecule is CCCCN1NNN=C1NC(=O)c1ccc(OC(F)F)c(S(C)(=O)=O)c1Cl. The summed E-state index contributed by atoms with van der Waals surface area (Å²) in [6.07, 6.45) is 2.51. The molecule has 13 heteroatoms. The second-order valence-corrected chi connectivity index (χ2v) is 7.85. The number of hydrazine groups is 2. The third-order valence-electron chi connectivity index (χ3n) is 3.46. The lowest BCUT2D eigenvalue weighted by molar-refractivity contribution is -0.0517. The average Bonchev–Trinajstić information content (AvgIpc) is 2.98. The summed E-state index contributed by atoms with van der Waals surface area (Å²) in [5.74, 6) is -1.25. The largest absolute Gasteiger partial charge is 0.433 e. The normalized spacial score (nSPS) is 14.1. The van der Waals surface area contributed by atoms with Gasteiger partial charge in [-0.25, -0.2) is 14.0 Å². The zero-order valence-corrected chi connectivity index (χ0v) is 16.0. The smallest absolute Gasteiger partial charge is 0.387 e. The summed E-state index contributed by atoms with van der Waals surface area (Å²) in [6, 6.07) is 2.04. The van der Waals surface area contributed by atoms with Gasteiger partial charge in [-0.15, -0.1) is 10.6 Å². The summed E-state index contributed by atoms with van der Waals surface area (Å²) in [6.45, 7) is -0.709. The van der Waals surface area contributed by atoms with Crippen LogP contribution in [0, 0.1) is 0 Å². The highest BCUT2D eigenvalue weighted by atomic mass is 35.5. The van der Waals surface area contributed by atoms with E-state index in [1.54, 1.807) is 5.01 Å². The van der Waals surface area contributed by atoms with Gasteiger partial charge >= 0.3 is 6.61 Å². The molecular formula is C14H18ClF2N5O4S. The third-order valence-corrected chi connectivity index (χ3v) is 5.11. The van der Waals surface area contributed by atoms with Crippen molar-refractivity contribution in [1.29, 1.82) is 0 Å². The van der Waals surface area contributed by atoms with Crippen LogP contribution in [0.4, 0.5) is 8.78 Å². The fourth-order valence-corrected chi connectivity index (χ4v) is 3.82. The Kier molecular flexibility index (Phi) is 6.78. The molecule has 0 saturated heterocycles. The Bertz CT molecular complexity index is 850. The van der Waals surface area contributed by atoms with Crippen LogP contribution >= 0.6 is 11.6 Å². The quantitative estimate of drug-likeness (QED) is 0.606. The molecule has 27 heavy (non-hydrogen) atoms. The zero-order chi connectivity index (χ0) is 20.2. The number of guanidine groups is 1. The number of alkyl halides is 2. The number of nitrogens with zero attached hydrogens (tertiary/aromatic N) is 2. The van der Waals surface area contributed by atoms with E-state index in [-0.39, 0.29) is 11.5 Å². The highest BCUT2D eigenvalue weighted by Gasteiger charge is 2.27. The minimum Gasteiger partial charge on any atom is -0.433 e. The number of hydrogen-bond donors (Lipinski definition) is 3. The number of unbranched alkanes of at least 4 members (excludes halogenated alkanes) is 1. The number of halogens is 3. The molecule has 9 nitrogen and oxygen atoms in total. The second kappa shape index (κ2) is 8.67. The molecular weight excluding hydrogens is 408 g/mol. The minimum atomic E-state index is -4.05. The van der Waals surface area contributed by atoms with Gasteiger partial charge in [0.1, 0.15) is 10.6 Å². The Morgan fingerprint density at radius 2 is 2.15 bits per heavy atom. The van der Waals surface area contributed by atoms with Crippen molar-refractivity contribution in [2.45, 2.75) is 31.3 Å². The van der Waals surface area contributed by atoms with Crippen LogP contribution in [0.2, 0.25) is 5.02 Å². The lowest BCUT2D eigenvalue weighted by Crippen LogP contribution is -2.48. The fraction of sp³-hybridized carbons (Fsp3) is 0.429. The Morgan fingerprint density at radius 1 is 1.44 bits per heavy atom. The fourth-order valence-electron chi connectivity index (χ4n) is 2.24. The maximum Gasteiger partial charge on any atom is 0.387 e. The molecule has 1 heterocycles. The van der Waals surface area contributed by atoms with Gasteiger partial charge in [0.25, 0.3) is 5.91 Å². The topological polar surface area (TPSA) is 112 Å². The van der Waals surface area contributed by atoms with Gasteiger partial charge in [0.15, 0.2) is 9.84 Å². The summed E-state index contributed by atoms with van der Waals surface area (Å²) in [7, 11) is -4.05. The molecule has 150 valence electrons. The van der Waals surface area contributed by atoms with E-state index >= 15 is 0 Å². The molecule has 0 aliphatic carbocycles. The molecule has 0 fully saturated rings. The van der Waals surface area contributed by atoms with E-state index in [1.165, 1.54) is 0 Å². The summed E-state index contributed by atoms with van der Waals surface area (Å²) in [4.78, 5) is 11.8. The van der Waals surface area contributed by atoms with Crippen molar-refractivity contribution in [3.63, 3.8) is 0 Å². The summed E-state index contributed by atoms with van der Waals surface area (Å²) >= 11 is 6.03. The number of ether oxygens (including phenoxy) is 1. The van der Waals surface area contributed by atoms with E-state index in [9.17, 15) is 22.0 Å². The number of amides is 1. The monoisotopic (exact) mass is 425 g/mol. The number of hydrogen-bond acceptors (Lipinski definition) is 8. The Labute approximate surface area is 159 Å². The molecule has 0 spiro atoms. The van der Waals surface area contributed by atoms with Crippen LogP contribution in [0.3, 0.4) is 0 Å². The molecule has 1 aliphatic rings. The number of rotatable bonds is 7. The minimum absolute atomic E-state index is 0.151. The molecule has 1 amide bonds. The van der Waals surface area contributed by atoms with Gasteiger partial charge in [0.05, 0.1) is 10.6 Å². The first-order valence-corrected chi connectivity index (χ1v) is 10.1. The van der Waals surface area contributed by atoms with E-state index in [2.05, 4.69) is 26.2 Å². The van der Waals surface area contributed by atoms with Crippen LogP contribution < -0.4 is 21.1 Å². The van der Waals surface area contributed by atoms with E-state index in [0.29, 0.717) is 6.54 Å². The van der Waals surface area contributed by atoms with Gasteiger partial charge < -0.3 is 4.74 Å². The first-order valence-electron chi connectivity index (χ1n) is 7.79. The van der Waals surface area contributed by atoms with Crippen LogP contribution in [0.15, 0.2) is 22.1 Å². The van der Waals surface area contributed by atoms with Crippen LogP contribution in [0.1, 0.15) is 30.1 Å². The molecule has 2 rings (SSSR count). The van der Waals surface area contributed by atoms with Gasteiger partial charge in [0.2, 0.25) is 5.96 Å². The maximum atomic E-state index is 12.5. The van der Waals surface area contributed by atoms with E-state index in [4.69, 9.17) is 11.6 Å². The lowest BCUT2D eigenvalue weighted by Gasteiger charge is -2.19. The molecule has 3 N–H and O–H groups in total. The van der Waals surface area contributed by atoms with Crippen molar-refractivity contribution >= 4 is 33.3 Å². The molecule has 0 bridgehead atoms. The molecule has 1 aliphatic heterocycles. The van der Waals surface area contributed by atoms with Crippen LogP contribution in [-0.4, -0.2) is 44.7 Å². The van der Waals surface area contributed by atoms with E-state index in [1.807, 2.05) is 6.92 Å². The van der Waals surface area contributed by atoms with Crippen molar-refractivity contribution in [3.05, 3.63) is 22.7 Å². The van der Waals surface area contributed by atoms with E-state index < -0.39 is 38.0 Å². The van der Waals surface area contributed by atoms with Crippen LogP contribution in [0.5, 0.6) is 5.75 Å². The van der Waals surface area contributed by atoms with Gasteiger partial charge in [-0.2, -0.15) is 8.78 Å². The number of hydrazone groups is 1.